The van der Waals surface area contributed by atoms with E-state index in [1.807, 2.05) is 11.8 Å². The van der Waals surface area contributed by atoms with Crippen LogP contribution in [0.25, 0.3) is 0 Å². The van der Waals surface area contributed by atoms with E-state index in [2.05, 4.69) is 47.4 Å². The van der Waals surface area contributed by atoms with Crippen molar-refractivity contribution in [2.24, 2.45) is 0 Å². The average Bonchev–Trinajstić information content (AvgIpc) is 3.14. The zero-order valence-electron chi connectivity index (χ0n) is 12.4. The summed E-state index contributed by atoms with van der Waals surface area (Å²) in [6.45, 7) is 4.08. The number of aromatic nitrogens is 2. The van der Waals surface area contributed by atoms with Crippen LogP contribution in [0.3, 0.4) is 0 Å². The Balaban J connectivity index is 1.46. The fourth-order valence-electron chi connectivity index (χ4n) is 2.97. The molecule has 2 aliphatic rings. The van der Waals surface area contributed by atoms with Crippen molar-refractivity contribution >= 4 is 11.8 Å². The molecule has 3 nitrogen and oxygen atoms in total. The number of aryl methyl sites for hydroxylation is 1. The highest BCUT2D eigenvalue weighted by atomic mass is 32.2. The van der Waals surface area contributed by atoms with Crippen LogP contribution in [0.5, 0.6) is 0 Å². The van der Waals surface area contributed by atoms with Gasteiger partial charge in [0, 0.05) is 47.5 Å². The number of hydrogen-bond acceptors (Lipinski definition) is 3. The highest BCUT2D eigenvalue weighted by molar-refractivity contribution is 7.99. The van der Waals surface area contributed by atoms with Gasteiger partial charge in [-0.15, -0.1) is 11.8 Å². The number of rotatable bonds is 5. The Hall–Kier alpha value is -1.26. The van der Waals surface area contributed by atoms with Crippen LogP contribution in [0.4, 0.5) is 0 Å². The molecule has 21 heavy (non-hydrogen) atoms. The van der Waals surface area contributed by atoms with E-state index in [4.69, 9.17) is 5.10 Å². The second kappa shape index (κ2) is 5.50. The van der Waals surface area contributed by atoms with E-state index >= 15 is 0 Å². The lowest BCUT2D eigenvalue weighted by Crippen LogP contribution is -2.15. The maximum atomic E-state index is 4.71. The van der Waals surface area contributed by atoms with Gasteiger partial charge in [-0.1, -0.05) is 18.2 Å². The molecule has 1 aliphatic carbocycles. The van der Waals surface area contributed by atoms with Gasteiger partial charge in [0.15, 0.2) is 0 Å². The van der Waals surface area contributed by atoms with Crippen LogP contribution in [0.15, 0.2) is 35.4 Å². The Kier molecular flexibility index (Phi) is 3.51. The monoisotopic (exact) mass is 299 g/mol. The Morgan fingerprint density at radius 2 is 2.19 bits per heavy atom. The second-order valence-corrected chi connectivity index (χ2v) is 7.22. The summed E-state index contributed by atoms with van der Waals surface area (Å²) >= 11 is 1.98. The van der Waals surface area contributed by atoms with Crippen molar-refractivity contribution in [1.82, 2.24) is 15.1 Å². The fourth-order valence-corrected chi connectivity index (χ4v) is 4.22. The minimum atomic E-state index is 0.592. The van der Waals surface area contributed by atoms with E-state index in [-0.39, 0.29) is 0 Å². The van der Waals surface area contributed by atoms with Gasteiger partial charge in [-0.3, -0.25) is 4.68 Å². The smallest absolute Gasteiger partial charge is 0.0638 e. The topological polar surface area (TPSA) is 29.9 Å². The van der Waals surface area contributed by atoms with Crippen LogP contribution in [0.2, 0.25) is 0 Å². The van der Waals surface area contributed by atoms with E-state index in [1.165, 1.54) is 40.3 Å². The van der Waals surface area contributed by atoms with E-state index in [1.54, 1.807) is 0 Å². The molecule has 4 heteroatoms. The number of nitrogens with one attached hydrogen (secondary N) is 1. The van der Waals surface area contributed by atoms with Crippen LogP contribution in [0, 0.1) is 6.92 Å². The van der Waals surface area contributed by atoms with E-state index in [9.17, 15) is 0 Å². The molecule has 0 radical (unpaired) electrons. The largest absolute Gasteiger partial charge is 0.310 e. The first-order valence-corrected chi connectivity index (χ1v) is 8.76. The molecule has 1 aliphatic heterocycles. The third-order valence-electron chi connectivity index (χ3n) is 4.41. The van der Waals surface area contributed by atoms with Gasteiger partial charge in [0.05, 0.1) is 5.69 Å². The molecule has 0 bridgehead atoms. The molecular formula is C17H21N3S. The third kappa shape index (κ3) is 2.87. The van der Waals surface area contributed by atoms with Gasteiger partial charge in [0.1, 0.15) is 0 Å². The van der Waals surface area contributed by atoms with E-state index in [0.29, 0.717) is 5.92 Å². The van der Waals surface area contributed by atoms with Crippen LogP contribution in [0.1, 0.15) is 35.6 Å². The molecule has 2 heterocycles. The summed E-state index contributed by atoms with van der Waals surface area (Å²) in [4.78, 5) is 1.45. The summed E-state index contributed by atoms with van der Waals surface area (Å²) in [5.41, 5.74) is 4.01. The molecule has 1 fully saturated rings. The summed E-state index contributed by atoms with van der Waals surface area (Å²) in [6, 6.07) is 9.54. The maximum Gasteiger partial charge on any atom is 0.0638 e. The lowest BCUT2D eigenvalue weighted by molar-refractivity contribution is 0.546. The zero-order valence-corrected chi connectivity index (χ0v) is 13.2. The second-order valence-electron chi connectivity index (χ2n) is 6.16. The zero-order chi connectivity index (χ0) is 14.2. The number of thioether (sulfide) groups is 1. The van der Waals surface area contributed by atoms with Gasteiger partial charge in [0.2, 0.25) is 0 Å². The molecule has 1 unspecified atom stereocenters. The SMILES string of the molecule is Cc1nn(CC2CSc3ccccc32)cc1CNC1CC1. The van der Waals surface area contributed by atoms with E-state index in [0.717, 1.165) is 19.1 Å². The van der Waals surface area contributed by atoms with Crippen LogP contribution >= 0.6 is 11.8 Å². The van der Waals surface area contributed by atoms with Crippen molar-refractivity contribution in [3.63, 3.8) is 0 Å². The molecule has 1 saturated carbocycles. The minimum absolute atomic E-state index is 0.592. The van der Waals surface area contributed by atoms with Crippen molar-refractivity contribution in [2.45, 2.75) is 49.7 Å². The predicted molar refractivity (Wildman–Crippen MR) is 86.7 cm³/mol. The van der Waals surface area contributed by atoms with Crippen LogP contribution < -0.4 is 5.32 Å². The van der Waals surface area contributed by atoms with Crippen LogP contribution in [-0.2, 0) is 13.1 Å². The third-order valence-corrected chi connectivity index (χ3v) is 5.66. The maximum absolute atomic E-state index is 4.71. The van der Waals surface area contributed by atoms with Crippen LogP contribution in [-0.4, -0.2) is 21.6 Å². The molecule has 0 saturated heterocycles. The predicted octanol–water partition coefficient (Wildman–Crippen LogP) is 3.33. The molecule has 110 valence electrons. The van der Waals surface area contributed by atoms with Gasteiger partial charge in [-0.25, -0.2) is 0 Å². The fraction of sp³-hybridized carbons (Fsp3) is 0.471. The summed E-state index contributed by atoms with van der Waals surface area (Å²) < 4.78 is 2.15. The van der Waals surface area contributed by atoms with Gasteiger partial charge in [-0.05, 0) is 31.4 Å². The number of fused-ring (bicyclic) bond motifs is 1. The molecule has 1 N–H and O–H groups in total. The molecule has 2 aromatic rings. The van der Waals surface area contributed by atoms with Gasteiger partial charge in [-0.2, -0.15) is 5.10 Å². The first kappa shape index (κ1) is 13.4. The summed E-state index contributed by atoms with van der Waals surface area (Å²) in [7, 11) is 0. The lowest BCUT2D eigenvalue weighted by atomic mass is 10.0. The number of hydrogen-bond donors (Lipinski definition) is 1. The quantitative estimate of drug-likeness (QED) is 0.918. The van der Waals surface area contributed by atoms with Crippen molar-refractivity contribution in [1.29, 1.82) is 0 Å². The van der Waals surface area contributed by atoms with Crippen molar-refractivity contribution < 1.29 is 0 Å². The molecule has 0 spiro atoms. The molecule has 1 aromatic carbocycles. The van der Waals surface area contributed by atoms with E-state index < -0.39 is 0 Å². The van der Waals surface area contributed by atoms with Gasteiger partial charge in [0.25, 0.3) is 0 Å². The minimum Gasteiger partial charge on any atom is -0.310 e. The Labute approximate surface area is 130 Å². The standard InChI is InChI=1S/C17H21N3S/c1-12-13(8-18-15-6-7-15)9-20(19-12)10-14-11-21-17-5-3-2-4-16(14)17/h2-5,9,14-15,18H,6-8,10-11H2,1H3. The summed E-state index contributed by atoms with van der Waals surface area (Å²) in [5.74, 6) is 1.77. The normalized spacial score (nSPS) is 20.7. The Bertz CT molecular complexity index is 645. The molecule has 0 amide bonds. The Morgan fingerprint density at radius 1 is 1.33 bits per heavy atom. The number of nitrogens with zero attached hydrogens (tertiary/aromatic N) is 2. The average molecular weight is 299 g/mol. The highest BCUT2D eigenvalue weighted by Crippen LogP contribution is 2.40. The number of benzene rings is 1. The summed E-state index contributed by atoms with van der Waals surface area (Å²) in [6.07, 6.45) is 4.91. The first-order chi connectivity index (χ1) is 10.3. The van der Waals surface area contributed by atoms with Crippen molar-refractivity contribution in [3.8, 4) is 0 Å². The van der Waals surface area contributed by atoms with Crippen molar-refractivity contribution in [3.05, 3.63) is 47.3 Å². The highest BCUT2D eigenvalue weighted by Gasteiger charge is 2.24. The lowest BCUT2D eigenvalue weighted by Gasteiger charge is -2.10. The molecule has 1 atom stereocenters. The van der Waals surface area contributed by atoms with Gasteiger partial charge < -0.3 is 5.32 Å². The van der Waals surface area contributed by atoms with Gasteiger partial charge >= 0.3 is 0 Å². The molecule has 1 aromatic heterocycles. The Morgan fingerprint density at radius 3 is 3.05 bits per heavy atom. The molecular weight excluding hydrogens is 278 g/mol. The van der Waals surface area contributed by atoms with Crippen molar-refractivity contribution in [2.75, 3.05) is 5.75 Å². The summed E-state index contributed by atoms with van der Waals surface area (Å²) in [5, 5.41) is 8.29. The first-order valence-electron chi connectivity index (χ1n) is 7.77. The molecule has 4 rings (SSSR count).